The lowest BCUT2D eigenvalue weighted by atomic mass is 10.1. The molecular formula is C38H42N4O8. The molecule has 3 amide bonds. The maximum absolute atomic E-state index is 14.4. The summed E-state index contributed by atoms with van der Waals surface area (Å²) in [4.78, 5) is 44.7. The van der Waals surface area contributed by atoms with E-state index in [0.29, 0.717) is 46.6 Å². The summed E-state index contributed by atoms with van der Waals surface area (Å²) in [5.41, 5.74) is 2.25. The molecule has 0 unspecified atom stereocenters. The number of methoxy groups -OCH3 is 2. The van der Waals surface area contributed by atoms with Gasteiger partial charge in [0.05, 0.1) is 38.9 Å². The minimum atomic E-state index is -0.614. The number of nitrogens with one attached hydrogen (secondary N) is 2. The van der Waals surface area contributed by atoms with Crippen molar-refractivity contribution in [3.05, 3.63) is 95.2 Å². The van der Waals surface area contributed by atoms with E-state index < -0.39 is 18.1 Å². The molecule has 0 radical (unpaired) electrons. The van der Waals surface area contributed by atoms with E-state index >= 15 is 0 Å². The molecule has 12 nitrogen and oxygen atoms in total. The molecule has 0 spiro atoms. The van der Waals surface area contributed by atoms with Crippen molar-refractivity contribution in [3.63, 3.8) is 0 Å². The minimum Gasteiger partial charge on any atom is -0.497 e. The van der Waals surface area contributed by atoms with E-state index in [4.69, 9.17) is 23.4 Å². The Kier molecular flexibility index (Phi) is 10.6. The number of hydrogen-bond acceptors (Lipinski definition) is 9. The monoisotopic (exact) mass is 682 g/mol. The van der Waals surface area contributed by atoms with Crippen LogP contribution in [0.4, 0.5) is 0 Å². The highest BCUT2D eigenvalue weighted by Crippen LogP contribution is 2.32. The van der Waals surface area contributed by atoms with Crippen LogP contribution < -0.4 is 29.6 Å². The third-order valence-electron chi connectivity index (χ3n) is 8.96. The Bertz CT molecular complexity index is 1840. The van der Waals surface area contributed by atoms with Crippen molar-refractivity contribution in [2.75, 3.05) is 47.0 Å². The van der Waals surface area contributed by atoms with Crippen LogP contribution in [0.1, 0.15) is 45.9 Å². The quantitative estimate of drug-likeness (QED) is 0.276. The largest absolute Gasteiger partial charge is 0.497 e. The van der Waals surface area contributed by atoms with Gasteiger partial charge in [0.2, 0.25) is 0 Å². The predicted molar refractivity (Wildman–Crippen MR) is 186 cm³/mol. The number of carbonyl (C=O) groups excluding carboxylic acids is 3. The highest BCUT2D eigenvalue weighted by atomic mass is 16.5. The normalized spacial score (nSPS) is 17.7. The summed E-state index contributed by atoms with van der Waals surface area (Å²) in [5, 5.41) is 5.91. The maximum Gasteiger partial charge on any atom is 0.258 e. The van der Waals surface area contributed by atoms with Crippen LogP contribution in [0, 0.1) is 0 Å². The number of carbonyl (C=O) groups is 3. The Labute approximate surface area is 291 Å². The van der Waals surface area contributed by atoms with E-state index in [0.717, 1.165) is 24.2 Å². The standard InChI is InChI=1S/C38H42N4O8/c1-5-41(6-2)20-30-17-31(36(50-30)24-10-8-7-9-11-24)38(45)42-21-32-34(22-42)49-27-13-12-25(33(18-27)47-4)19-39-35(43)23-48-29-15-26(37(44)40-32)14-28(16-29)46-3/h7-18,32,34H,5-6,19-23H2,1-4H3,(H,39,43)(H,40,44)/t32-,34-/m0/s1. The third kappa shape index (κ3) is 7.70. The van der Waals surface area contributed by atoms with Crippen LogP contribution in [0.15, 0.2) is 77.2 Å². The Balaban J connectivity index is 1.35. The highest BCUT2D eigenvalue weighted by Gasteiger charge is 2.40. The van der Waals surface area contributed by atoms with Crippen molar-refractivity contribution in [1.29, 1.82) is 0 Å². The van der Waals surface area contributed by atoms with Gasteiger partial charge in [-0.3, -0.25) is 19.3 Å². The average Bonchev–Trinajstić information content (AvgIpc) is 3.75. The van der Waals surface area contributed by atoms with Crippen LogP contribution in [-0.4, -0.2) is 86.7 Å². The number of nitrogens with zero attached hydrogens (tertiary/aromatic N) is 2. The lowest BCUT2D eigenvalue weighted by molar-refractivity contribution is -0.123. The molecule has 0 aliphatic carbocycles. The van der Waals surface area contributed by atoms with Crippen molar-refractivity contribution in [2.45, 2.75) is 39.1 Å². The second-order valence-electron chi connectivity index (χ2n) is 12.2. The van der Waals surface area contributed by atoms with Gasteiger partial charge in [0, 0.05) is 41.9 Å². The van der Waals surface area contributed by atoms with Gasteiger partial charge in [0.15, 0.2) is 6.61 Å². The van der Waals surface area contributed by atoms with Crippen LogP contribution in [-0.2, 0) is 17.9 Å². The van der Waals surface area contributed by atoms with Crippen LogP contribution in [0.2, 0.25) is 0 Å². The fourth-order valence-electron chi connectivity index (χ4n) is 6.19. The van der Waals surface area contributed by atoms with Gasteiger partial charge in [0.1, 0.15) is 40.6 Å². The number of hydrogen-bond donors (Lipinski definition) is 2. The first kappa shape index (κ1) is 34.4. The van der Waals surface area contributed by atoms with E-state index in [1.807, 2.05) is 42.5 Å². The van der Waals surface area contributed by atoms with Crippen molar-refractivity contribution in [1.82, 2.24) is 20.4 Å². The topological polar surface area (TPSA) is 132 Å². The molecule has 1 fully saturated rings. The van der Waals surface area contributed by atoms with Crippen LogP contribution >= 0.6 is 0 Å². The summed E-state index contributed by atoms with van der Waals surface area (Å²) in [6.45, 7) is 6.74. The Morgan fingerprint density at radius 2 is 1.72 bits per heavy atom. The van der Waals surface area contributed by atoms with E-state index in [1.54, 1.807) is 42.3 Å². The Morgan fingerprint density at radius 3 is 2.46 bits per heavy atom. The number of rotatable bonds is 8. The fraction of sp³-hybridized carbons (Fsp3) is 0.342. The molecule has 4 aromatic rings. The molecule has 3 aromatic carbocycles. The first-order valence-corrected chi connectivity index (χ1v) is 16.7. The molecule has 2 N–H and O–H groups in total. The SMILES string of the molecule is CCN(CC)Cc1cc(C(=O)N2C[C@@H]3NC(=O)c4cc(OC)cc(c4)OCC(=O)NCc4ccc(cc4OC)O[C@H]3C2)c(-c2ccccc2)o1. The summed E-state index contributed by atoms with van der Waals surface area (Å²) in [5.74, 6) is 1.88. The molecule has 3 aliphatic rings. The summed E-state index contributed by atoms with van der Waals surface area (Å²) in [6.07, 6.45) is -0.614. The fourth-order valence-corrected chi connectivity index (χ4v) is 6.19. The second-order valence-corrected chi connectivity index (χ2v) is 12.2. The zero-order chi connectivity index (χ0) is 35.2. The minimum absolute atomic E-state index is 0.182. The molecule has 7 rings (SSSR count). The Hall–Kier alpha value is -5.49. The lowest BCUT2D eigenvalue weighted by Crippen LogP contribution is -2.45. The van der Waals surface area contributed by atoms with Crippen molar-refractivity contribution < 1.29 is 37.7 Å². The molecule has 3 aliphatic heterocycles. The first-order valence-electron chi connectivity index (χ1n) is 16.7. The van der Waals surface area contributed by atoms with Gasteiger partial charge in [0.25, 0.3) is 17.7 Å². The van der Waals surface area contributed by atoms with Gasteiger partial charge in [-0.2, -0.15) is 0 Å². The predicted octanol–water partition coefficient (Wildman–Crippen LogP) is 4.52. The van der Waals surface area contributed by atoms with Crippen LogP contribution in [0.25, 0.3) is 11.3 Å². The number of fused-ring (bicyclic) bond motifs is 7. The van der Waals surface area contributed by atoms with Crippen molar-refractivity contribution in [2.24, 2.45) is 0 Å². The average molecular weight is 683 g/mol. The smallest absolute Gasteiger partial charge is 0.258 e. The number of amides is 3. The van der Waals surface area contributed by atoms with E-state index in [-0.39, 0.29) is 43.6 Å². The second kappa shape index (κ2) is 15.4. The zero-order valence-electron chi connectivity index (χ0n) is 28.7. The first-order chi connectivity index (χ1) is 24.3. The maximum atomic E-state index is 14.4. The summed E-state index contributed by atoms with van der Waals surface area (Å²) in [6, 6.07) is 20.9. The van der Waals surface area contributed by atoms with Gasteiger partial charge >= 0.3 is 0 Å². The molecule has 2 atom stereocenters. The molecule has 0 saturated carbocycles. The summed E-state index contributed by atoms with van der Waals surface area (Å²) in [7, 11) is 3.02. The van der Waals surface area contributed by atoms with Crippen molar-refractivity contribution in [3.8, 4) is 34.3 Å². The number of furan rings is 1. The van der Waals surface area contributed by atoms with E-state index in [2.05, 4.69) is 29.4 Å². The third-order valence-corrected chi connectivity index (χ3v) is 8.96. The van der Waals surface area contributed by atoms with Crippen LogP contribution in [0.5, 0.6) is 23.0 Å². The molecule has 1 aromatic heterocycles. The van der Waals surface area contributed by atoms with Crippen LogP contribution in [0.3, 0.4) is 0 Å². The molecule has 262 valence electrons. The summed E-state index contributed by atoms with van der Waals surface area (Å²) < 4.78 is 29.6. The number of benzene rings is 3. The van der Waals surface area contributed by atoms with Gasteiger partial charge in [-0.1, -0.05) is 44.2 Å². The van der Waals surface area contributed by atoms with Crippen molar-refractivity contribution >= 4 is 17.7 Å². The number of ether oxygens (including phenoxy) is 4. The van der Waals surface area contributed by atoms with E-state index in [9.17, 15) is 14.4 Å². The zero-order valence-corrected chi connectivity index (χ0v) is 28.7. The molecule has 50 heavy (non-hydrogen) atoms. The number of likely N-dealkylation sites (tertiary alicyclic amines) is 1. The summed E-state index contributed by atoms with van der Waals surface area (Å²) >= 11 is 0. The van der Waals surface area contributed by atoms with Gasteiger partial charge in [-0.15, -0.1) is 0 Å². The molecular weight excluding hydrogens is 640 g/mol. The van der Waals surface area contributed by atoms with Gasteiger partial charge < -0.3 is 38.9 Å². The Morgan fingerprint density at radius 1 is 0.920 bits per heavy atom. The van der Waals surface area contributed by atoms with Gasteiger partial charge in [-0.25, -0.2) is 0 Å². The highest BCUT2D eigenvalue weighted by molar-refractivity contribution is 6.00. The lowest BCUT2D eigenvalue weighted by Gasteiger charge is -2.22. The molecule has 1 saturated heterocycles. The molecule has 12 heteroatoms. The van der Waals surface area contributed by atoms with Gasteiger partial charge in [-0.05, 0) is 43.4 Å². The van der Waals surface area contributed by atoms with E-state index in [1.165, 1.54) is 7.11 Å². The molecule has 4 bridgehead atoms. The molecule has 4 heterocycles.